The molecular weight excluding hydrogens is 230 g/mol. The van der Waals surface area contributed by atoms with Crippen molar-refractivity contribution in [3.63, 3.8) is 0 Å². The number of pyridine rings is 2. The van der Waals surface area contributed by atoms with Crippen LogP contribution in [-0.2, 0) is 7.05 Å². The molecule has 0 aliphatic carbocycles. The molecule has 0 bridgehead atoms. The number of amides is 1. The van der Waals surface area contributed by atoms with Crippen LogP contribution in [0.3, 0.4) is 0 Å². The molecule has 1 N–H and O–H groups in total. The van der Waals surface area contributed by atoms with Crippen molar-refractivity contribution in [1.29, 1.82) is 0 Å². The zero-order chi connectivity index (χ0) is 13.1. The van der Waals surface area contributed by atoms with E-state index in [1.165, 1.54) is 10.6 Å². The molecule has 0 aromatic carbocycles. The zero-order valence-electron chi connectivity index (χ0n) is 10.2. The van der Waals surface area contributed by atoms with E-state index in [2.05, 4.69) is 10.3 Å². The lowest BCUT2D eigenvalue weighted by Gasteiger charge is -2.07. The third-order valence-corrected chi connectivity index (χ3v) is 2.61. The van der Waals surface area contributed by atoms with Crippen molar-refractivity contribution < 1.29 is 4.79 Å². The highest BCUT2D eigenvalue weighted by atomic mass is 16.2. The first-order valence-corrected chi connectivity index (χ1v) is 5.48. The SMILES string of the molecule is Cc1cccnc1NC(=O)c1cccn(C)c1=O. The second-order valence-corrected chi connectivity index (χ2v) is 3.96. The maximum Gasteiger partial charge on any atom is 0.263 e. The predicted molar refractivity (Wildman–Crippen MR) is 68.6 cm³/mol. The van der Waals surface area contributed by atoms with Crippen molar-refractivity contribution >= 4 is 11.7 Å². The van der Waals surface area contributed by atoms with E-state index < -0.39 is 5.91 Å². The summed E-state index contributed by atoms with van der Waals surface area (Å²) in [6.07, 6.45) is 3.19. The minimum atomic E-state index is -0.446. The molecule has 0 atom stereocenters. The summed E-state index contributed by atoms with van der Waals surface area (Å²) in [5.41, 5.74) is 0.618. The molecule has 0 aliphatic rings. The average molecular weight is 243 g/mol. The van der Waals surface area contributed by atoms with Gasteiger partial charge in [-0.2, -0.15) is 0 Å². The Morgan fingerprint density at radius 3 is 2.83 bits per heavy atom. The van der Waals surface area contributed by atoms with E-state index in [0.717, 1.165) is 5.56 Å². The lowest BCUT2D eigenvalue weighted by atomic mass is 10.2. The average Bonchev–Trinajstić information content (AvgIpc) is 2.35. The number of carbonyl (C=O) groups is 1. The standard InChI is InChI=1S/C13H13N3O2/c1-9-5-3-7-14-11(9)15-12(17)10-6-4-8-16(2)13(10)18/h3-8H,1-2H3,(H,14,15,17). The highest BCUT2D eigenvalue weighted by Crippen LogP contribution is 2.09. The first kappa shape index (κ1) is 12.0. The van der Waals surface area contributed by atoms with Gasteiger partial charge in [0.05, 0.1) is 0 Å². The number of rotatable bonds is 2. The number of carbonyl (C=O) groups excluding carboxylic acids is 1. The molecule has 0 aliphatic heterocycles. The Morgan fingerprint density at radius 1 is 1.33 bits per heavy atom. The monoisotopic (exact) mass is 243 g/mol. The molecule has 5 heteroatoms. The lowest BCUT2D eigenvalue weighted by molar-refractivity contribution is 0.102. The van der Waals surface area contributed by atoms with Gasteiger partial charge >= 0.3 is 0 Å². The summed E-state index contributed by atoms with van der Waals surface area (Å²) in [6, 6.07) is 6.77. The fourth-order valence-electron chi connectivity index (χ4n) is 1.56. The molecule has 92 valence electrons. The number of anilines is 1. The first-order chi connectivity index (χ1) is 8.59. The van der Waals surface area contributed by atoms with E-state index in [-0.39, 0.29) is 11.1 Å². The molecule has 0 radical (unpaired) electrons. The van der Waals surface area contributed by atoms with Crippen molar-refractivity contribution in [2.45, 2.75) is 6.92 Å². The topological polar surface area (TPSA) is 64.0 Å². The van der Waals surface area contributed by atoms with Crippen LogP contribution in [-0.4, -0.2) is 15.5 Å². The van der Waals surface area contributed by atoms with Gasteiger partial charge in [-0.3, -0.25) is 9.59 Å². The summed E-state index contributed by atoms with van der Waals surface area (Å²) in [4.78, 5) is 27.8. The number of hydrogen-bond donors (Lipinski definition) is 1. The largest absolute Gasteiger partial charge is 0.318 e. The molecule has 2 aromatic heterocycles. The van der Waals surface area contributed by atoms with E-state index >= 15 is 0 Å². The van der Waals surface area contributed by atoms with E-state index in [1.54, 1.807) is 31.6 Å². The Labute approximate surface area is 104 Å². The molecule has 1 amide bonds. The summed E-state index contributed by atoms with van der Waals surface area (Å²) >= 11 is 0. The van der Waals surface area contributed by atoms with E-state index in [0.29, 0.717) is 5.82 Å². The van der Waals surface area contributed by atoms with Crippen molar-refractivity contribution in [1.82, 2.24) is 9.55 Å². The Balaban J connectivity index is 2.31. The molecule has 0 spiro atoms. The van der Waals surface area contributed by atoms with Gasteiger partial charge in [0.2, 0.25) is 0 Å². The molecule has 2 aromatic rings. The van der Waals surface area contributed by atoms with Gasteiger partial charge in [-0.25, -0.2) is 4.98 Å². The Kier molecular flexibility index (Phi) is 3.23. The number of nitrogens with zero attached hydrogens (tertiary/aromatic N) is 2. The van der Waals surface area contributed by atoms with Crippen molar-refractivity contribution in [2.24, 2.45) is 7.05 Å². The van der Waals surface area contributed by atoms with Gasteiger partial charge in [0.25, 0.3) is 11.5 Å². The van der Waals surface area contributed by atoms with Gasteiger partial charge in [0, 0.05) is 19.4 Å². The van der Waals surface area contributed by atoms with Gasteiger partial charge in [0.1, 0.15) is 11.4 Å². The van der Waals surface area contributed by atoms with Crippen LogP contribution in [0.2, 0.25) is 0 Å². The van der Waals surface area contributed by atoms with Crippen molar-refractivity contribution in [3.8, 4) is 0 Å². The molecule has 0 unspecified atom stereocenters. The summed E-state index contributed by atoms with van der Waals surface area (Å²) in [5.74, 6) is 0.0198. The third kappa shape index (κ3) is 2.29. The number of aromatic nitrogens is 2. The maximum atomic E-state index is 12.0. The number of hydrogen-bond acceptors (Lipinski definition) is 3. The second-order valence-electron chi connectivity index (χ2n) is 3.96. The van der Waals surface area contributed by atoms with Crippen LogP contribution in [0.25, 0.3) is 0 Å². The first-order valence-electron chi connectivity index (χ1n) is 5.48. The van der Waals surface area contributed by atoms with Crippen molar-refractivity contribution in [3.05, 3.63) is 58.1 Å². The highest BCUT2D eigenvalue weighted by Gasteiger charge is 2.12. The van der Waals surface area contributed by atoms with Crippen LogP contribution in [0.1, 0.15) is 15.9 Å². The summed E-state index contributed by atoms with van der Waals surface area (Å²) in [5, 5.41) is 2.63. The Morgan fingerprint density at radius 2 is 2.11 bits per heavy atom. The van der Waals surface area contributed by atoms with Crippen LogP contribution in [0.15, 0.2) is 41.5 Å². The maximum absolute atomic E-state index is 12.0. The van der Waals surface area contributed by atoms with Crippen LogP contribution in [0.4, 0.5) is 5.82 Å². The molecule has 18 heavy (non-hydrogen) atoms. The summed E-state index contributed by atoms with van der Waals surface area (Å²) < 4.78 is 1.36. The molecule has 5 nitrogen and oxygen atoms in total. The number of nitrogens with one attached hydrogen (secondary N) is 1. The van der Waals surface area contributed by atoms with E-state index in [9.17, 15) is 9.59 Å². The normalized spacial score (nSPS) is 10.1. The van der Waals surface area contributed by atoms with Crippen molar-refractivity contribution in [2.75, 3.05) is 5.32 Å². The van der Waals surface area contributed by atoms with Gasteiger partial charge in [0.15, 0.2) is 0 Å². The van der Waals surface area contributed by atoms with Crippen LogP contribution in [0, 0.1) is 6.92 Å². The smallest absolute Gasteiger partial charge is 0.263 e. The predicted octanol–water partition coefficient (Wildman–Crippen LogP) is 1.34. The minimum absolute atomic E-state index is 0.102. The minimum Gasteiger partial charge on any atom is -0.318 e. The Bertz CT molecular complexity index is 647. The fourth-order valence-corrected chi connectivity index (χ4v) is 1.56. The molecule has 0 saturated carbocycles. The highest BCUT2D eigenvalue weighted by molar-refractivity contribution is 6.03. The molecule has 0 fully saturated rings. The van der Waals surface area contributed by atoms with Gasteiger partial charge < -0.3 is 9.88 Å². The fraction of sp³-hybridized carbons (Fsp3) is 0.154. The Hall–Kier alpha value is -2.43. The number of aryl methyl sites for hydroxylation is 2. The molecule has 2 heterocycles. The molecule has 2 rings (SSSR count). The molecular formula is C13H13N3O2. The second kappa shape index (κ2) is 4.83. The van der Waals surface area contributed by atoms with Crippen LogP contribution >= 0.6 is 0 Å². The lowest BCUT2D eigenvalue weighted by Crippen LogP contribution is -2.27. The van der Waals surface area contributed by atoms with E-state index in [4.69, 9.17) is 0 Å². The van der Waals surface area contributed by atoms with Crippen LogP contribution < -0.4 is 10.9 Å². The zero-order valence-corrected chi connectivity index (χ0v) is 10.2. The van der Waals surface area contributed by atoms with E-state index in [1.807, 2.05) is 13.0 Å². The van der Waals surface area contributed by atoms with Crippen LogP contribution in [0.5, 0.6) is 0 Å². The summed E-state index contributed by atoms with van der Waals surface area (Å²) in [7, 11) is 1.60. The molecule has 0 saturated heterocycles. The summed E-state index contributed by atoms with van der Waals surface area (Å²) in [6.45, 7) is 1.84. The quantitative estimate of drug-likeness (QED) is 0.865. The van der Waals surface area contributed by atoms with Gasteiger partial charge in [-0.05, 0) is 30.7 Å². The van der Waals surface area contributed by atoms with Gasteiger partial charge in [-0.1, -0.05) is 6.07 Å². The van der Waals surface area contributed by atoms with Gasteiger partial charge in [-0.15, -0.1) is 0 Å². The third-order valence-electron chi connectivity index (χ3n) is 2.61.